The van der Waals surface area contributed by atoms with Crippen LogP contribution in [0.1, 0.15) is 42.8 Å². The molecule has 2 nitrogen and oxygen atoms in total. The van der Waals surface area contributed by atoms with Crippen molar-refractivity contribution in [3.63, 3.8) is 0 Å². The first-order valence-corrected chi connectivity index (χ1v) is 8.32. The van der Waals surface area contributed by atoms with Crippen molar-refractivity contribution < 1.29 is 22.7 Å². The highest BCUT2D eigenvalue weighted by Gasteiger charge is 2.55. The molecule has 6 heteroatoms. The summed E-state index contributed by atoms with van der Waals surface area (Å²) in [6.07, 6.45) is -5.92. The average Bonchev–Trinajstić information content (AvgIpc) is 2.44. The highest BCUT2D eigenvalue weighted by atomic mass is 19.4. The Morgan fingerprint density at radius 1 is 0.962 bits per heavy atom. The number of hydrogen-bond donors (Lipinski definition) is 1. The number of nitrogens with zero attached hydrogens (tertiary/aromatic N) is 1. The fourth-order valence-electron chi connectivity index (χ4n) is 3.36. The molecule has 0 aliphatic carbocycles. The number of aromatic nitrogens is 1. The molecular weight excluding hydrogens is 346 g/mol. The number of alkyl halides is 3. The molecule has 0 radical (unpaired) electrons. The summed E-state index contributed by atoms with van der Waals surface area (Å²) < 4.78 is 54.5. The smallest absolute Gasteiger partial charge is 0.380 e. The van der Waals surface area contributed by atoms with Crippen LogP contribution in [0.15, 0.2) is 36.4 Å². The molecule has 1 unspecified atom stereocenters. The minimum absolute atomic E-state index is 0.379. The molecule has 2 aromatic rings. The Kier molecular flexibility index (Phi) is 5.47. The largest absolute Gasteiger partial charge is 0.417 e. The minimum Gasteiger partial charge on any atom is -0.380 e. The lowest BCUT2D eigenvalue weighted by Gasteiger charge is -2.38. The van der Waals surface area contributed by atoms with Gasteiger partial charge in [-0.1, -0.05) is 26.0 Å². The first kappa shape index (κ1) is 20.4. The van der Waals surface area contributed by atoms with E-state index in [1.807, 2.05) is 0 Å². The van der Waals surface area contributed by atoms with Crippen molar-refractivity contribution in [2.24, 2.45) is 0 Å². The fraction of sp³-hybridized carbons (Fsp3) is 0.450. The lowest BCUT2D eigenvalue weighted by atomic mass is 9.73. The number of halogens is 4. The molecule has 0 aliphatic heterocycles. The molecule has 0 aliphatic rings. The predicted octanol–water partition coefficient (Wildman–Crippen LogP) is 5.04. The van der Waals surface area contributed by atoms with Crippen molar-refractivity contribution in [2.75, 3.05) is 0 Å². The van der Waals surface area contributed by atoms with Gasteiger partial charge in [-0.05, 0) is 61.1 Å². The summed E-state index contributed by atoms with van der Waals surface area (Å²) in [5, 5.41) is 10.6. The zero-order valence-corrected chi connectivity index (χ0v) is 15.3. The van der Waals surface area contributed by atoms with E-state index in [0.29, 0.717) is 22.5 Å². The monoisotopic (exact) mass is 369 g/mol. The van der Waals surface area contributed by atoms with Crippen LogP contribution in [-0.4, -0.2) is 21.9 Å². The average molecular weight is 369 g/mol. The summed E-state index contributed by atoms with van der Waals surface area (Å²) in [6, 6.07) is 8.42. The Bertz CT molecular complexity index is 748. The summed E-state index contributed by atoms with van der Waals surface area (Å²) in [4.78, 5) is 4.16. The van der Waals surface area contributed by atoms with Gasteiger partial charge in [-0.3, -0.25) is 4.98 Å². The van der Waals surface area contributed by atoms with Gasteiger partial charge in [0.15, 0.2) is 5.60 Å². The predicted molar refractivity (Wildman–Crippen MR) is 92.5 cm³/mol. The molecule has 1 atom stereocenters. The van der Waals surface area contributed by atoms with Gasteiger partial charge in [0.2, 0.25) is 0 Å². The number of benzene rings is 1. The van der Waals surface area contributed by atoms with E-state index in [0.717, 1.165) is 0 Å². The summed E-state index contributed by atoms with van der Waals surface area (Å²) in [5.74, 6) is -0.460. The Balaban J connectivity index is 2.38. The van der Waals surface area contributed by atoms with Crippen LogP contribution < -0.4 is 0 Å². The topological polar surface area (TPSA) is 33.1 Å². The van der Waals surface area contributed by atoms with Crippen LogP contribution in [0.2, 0.25) is 0 Å². The summed E-state index contributed by atoms with van der Waals surface area (Å²) in [7, 11) is 0. The van der Waals surface area contributed by atoms with Gasteiger partial charge in [-0.2, -0.15) is 13.2 Å². The molecule has 26 heavy (non-hydrogen) atoms. The number of hydrogen-bond acceptors (Lipinski definition) is 2. The molecule has 0 saturated carbocycles. The number of rotatable bonds is 5. The maximum atomic E-state index is 13.8. The van der Waals surface area contributed by atoms with Gasteiger partial charge >= 0.3 is 6.18 Å². The molecule has 1 aromatic carbocycles. The molecule has 1 heterocycles. The maximum absolute atomic E-state index is 13.8. The SMILES string of the molecule is Cc1cc(CC(O)(CC(C)(C)c2ccc(F)cc2)C(F)(F)F)cc(C)n1. The van der Waals surface area contributed by atoms with Gasteiger partial charge in [0.05, 0.1) is 0 Å². The van der Waals surface area contributed by atoms with Crippen LogP contribution in [0.5, 0.6) is 0 Å². The molecule has 0 spiro atoms. The molecule has 1 N–H and O–H groups in total. The molecule has 2 rings (SSSR count). The quantitative estimate of drug-likeness (QED) is 0.749. The highest BCUT2D eigenvalue weighted by Crippen LogP contribution is 2.43. The second-order valence-corrected chi connectivity index (χ2v) is 7.53. The van der Waals surface area contributed by atoms with E-state index in [1.165, 1.54) is 24.3 Å². The minimum atomic E-state index is -4.81. The summed E-state index contributed by atoms with van der Waals surface area (Å²) in [6.45, 7) is 6.62. The lowest BCUT2D eigenvalue weighted by Crippen LogP contribution is -2.50. The Hall–Kier alpha value is -1.95. The van der Waals surface area contributed by atoms with Gasteiger partial charge in [-0.15, -0.1) is 0 Å². The van der Waals surface area contributed by atoms with E-state index in [2.05, 4.69) is 4.98 Å². The maximum Gasteiger partial charge on any atom is 0.417 e. The summed E-state index contributed by atoms with van der Waals surface area (Å²) >= 11 is 0. The summed E-state index contributed by atoms with van der Waals surface area (Å²) in [5.41, 5.74) is -1.81. The zero-order chi connectivity index (χ0) is 19.8. The third kappa shape index (κ3) is 4.61. The van der Waals surface area contributed by atoms with Crippen molar-refractivity contribution in [1.29, 1.82) is 0 Å². The van der Waals surface area contributed by atoms with Crippen LogP contribution >= 0.6 is 0 Å². The molecule has 0 fully saturated rings. The third-order valence-electron chi connectivity index (χ3n) is 4.53. The van der Waals surface area contributed by atoms with E-state index >= 15 is 0 Å². The van der Waals surface area contributed by atoms with Crippen molar-refractivity contribution in [1.82, 2.24) is 4.98 Å². The van der Waals surface area contributed by atoms with Crippen molar-refractivity contribution >= 4 is 0 Å². The van der Waals surface area contributed by atoms with Gasteiger partial charge in [0, 0.05) is 17.8 Å². The first-order chi connectivity index (χ1) is 11.8. The lowest BCUT2D eigenvalue weighted by molar-refractivity contribution is -0.266. The number of aliphatic hydroxyl groups is 1. The van der Waals surface area contributed by atoms with E-state index in [1.54, 1.807) is 39.8 Å². The standard InChI is InChI=1S/C20H23F4NO/c1-13-9-15(10-14(2)25-13)11-19(26,20(22,23)24)12-18(3,4)16-5-7-17(21)8-6-16/h5-10,26H,11-12H2,1-4H3. The van der Waals surface area contributed by atoms with E-state index in [-0.39, 0.29) is 0 Å². The molecule has 0 bridgehead atoms. The second kappa shape index (κ2) is 6.99. The van der Waals surface area contributed by atoms with Gasteiger partial charge < -0.3 is 5.11 Å². The molecule has 142 valence electrons. The fourth-order valence-corrected chi connectivity index (χ4v) is 3.36. The Labute approximate surface area is 150 Å². The first-order valence-electron chi connectivity index (χ1n) is 8.32. The van der Waals surface area contributed by atoms with Crippen LogP contribution in [0.3, 0.4) is 0 Å². The molecule has 1 aromatic heterocycles. The van der Waals surface area contributed by atoms with E-state index < -0.39 is 35.9 Å². The Morgan fingerprint density at radius 3 is 1.92 bits per heavy atom. The highest BCUT2D eigenvalue weighted by molar-refractivity contribution is 5.27. The van der Waals surface area contributed by atoms with E-state index in [4.69, 9.17) is 0 Å². The van der Waals surface area contributed by atoms with Crippen LogP contribution in [0.25, 0.3) is 0 Å². The van der Waals surface area contributed by atoms with Crippen molar-refractivity contribution in [2.45, 2.75) is 57.7 Å². The van der Waals surface area contributed by atoms with Gasteiger partial charge in [-0.25, -0.2) is 4.39 Å². The van der Waals surface area contributed by atoms with E-state index in [9.17, 15) is 22.7 Å². The van der Waals surface area contributed by atoms with Crippen LogP contribution in [0.4, 0.5) is 17.6 Å². The normalized spacial score (nSPS) is 15.0. The van der Waals surface area contributed by atoms with Gasteiger partial charge in [0.1, 0.15) is 5.82 Å². The molecule has 0 amide bonds. The molecular formula is C20H23F4NO. The van der Waals surface area contributed by atoms with Crippen molar-refractivity contribution in [3.05, 3.63) is 64.7 Å². The third-order valence-corrected chi connectivity index (χ3v) is 4.53. The number of pyridine rings is 1. The second-order valence-electron chi connectivity index (χ2n) is 7.53. The molecule has 0 saturated heterocycles. The Morgan fingerprint density at radius 2 is 1.46 bits per heavy atom. The van der Waals surface area contributed by atoms with Crippen LogP contribution in [0, 0.1) is 19.7 Å². The van der Waals surface area contributed by atoms with Gasteiger partial charge in [0.25, 0.3) is 0 Å². The van der Waals surface area contributed by atoms with Crippen molar-refractivity contribution in [3.8, 4) is 0 Å². The zero-order valence-electron chi connectivity index (χ0n) is 15.3. The number of aryl methyl sites for hydroxylation is 2. The van der Waals surface area contributed by atoms with Crippen LogP contribution in [-0.2, 0) is 11.8 Å².